The number of nitrogens with one attached hydrogen (secondary N) is 1. The SMILES string of the molecule is Nc1nc2cc(-c3nn(-c4cc(N5CCNCC5)ncn4)c4ncnc(N)c34)ccc2o1. The molecule has 1 aromatic carbocycles. The second-order valence-corrected chi connectivity index (χ2v) is 7.42. The van der Waals surface area contributed by atoms with Crippen molar-refractivity contribution >= 4 is 39.8 Å². The Labute approximate surface area is 181 Å². The molecule has 1 saturated heterocycles. The third-order valence-corrected chi connectivity index (χ3v) is 5.47. The quantitative estimate of drug-likeness (QED) is 0.375. The van der Waals surface area contributed by atoms with Crippen LogP contribution in [0, 0.1) is 0 Å². The monoisotopic (exact) mass is 429 g/mol. The molecule has 0 atom stereocenters. The van der Waals surface area contributed by atoms with Crippen LogP contribution in [0.5, 0.6) is 0 Å². The lowest BCUT2D eigenvalue weighted by molar-refractivity contribution is 0.584. The number of piperazine rings is 1. The van der Waals surface area contributed by atoms with Gasteiger partial charge in [-0.1, -0.05) is 0 Å². The Hall–Kier alpha value is -4.32. The average molecular weight is 429 g/mol. The van der Waals surface area contributed by atoms with Crippen LogP contribution in [0.3, 0.4) is 0 Å². The van der Waals surface area contributed by atoms with Crippen LogP contribution in [0.1, 0.15) is 0 Å². The lowest BCUT2D eigenvalue weighted by Gasteiger charge is -2.28. The molecule has 0 aliphatic carbocycles. The number of oxazole rings is 1. The maximum absolute atomic E-state index is 6.24. The Kier molecular flexibility index (Phi) is 4.11. The zero-order valence-electron chi connectivity index (χ0n) is 16.9. The average Bonchev–Trinajstić information content (AvgIpc) is 3.40. The Morgan fingerprint density at radius 1 is 0.938 bits per heavy atom. The molecule has 1 fully saturated rings. The van der Waals surface area contributed by atoms with Gasteiger partial charge in [-0.15, -0.1) is 0 Å². The first-order chi connectivity index (χ1) is 15.7. The van der Waals surface area contributed by atoms with Crippen molar-refractivity contribution in [2.75, 3.05) is 42.5 Å². The highest BCUT2D eigenvalue weighted by atomic mass is 16.4. The minimum Gasteiger partial charge on any atom is -0.424 e. The van der Waals surface area contributed by atoms with Gasteiger partial charge in [0.1, 0.15) is 35.5 Å². The van der Waals surface area contributed by atoms with Crippen molar-refractivity contribution in [1.82, 2.24) is 40.0 Å². The first kappa shape index (κ1) is 18.4. The summed E-state index contributed by atoms with van der Waals surface area (Å²) in [5, 5.41) is 8.79. The van der Waals surface area contributed by atoms with Crippen molar-refractivity contribution in [2.45, 2.75) is 0 Å². The summed E-state index contributed by atoms with van der Waals surface area (Å²) < 4.78 is 7.05. The summed E-state index contributed by atoms with van der Waals surface area (Å²) in [6.45, 7) is 3.56. The fourth-order valence-electron chi connectivity index (χ4n) is 3.95. The molecule has 1 aliphatic heterocycles. The van der Waals surface area contributed by atoms with Gasteiger partial charge in [0, 0.05) is 37.8 Å². The lowest BCUT2D eigenvalue weighted by atomic mass is 10.1. The van der Waals surface area contributed by atoms with Gasteiger partial charge in [-0.25, -0.2) is 19.9 Å². The Bertz CT molecular complexity index is 1450. The van der Waals surface area contributed by atoms with Gasteiger partial charge in [0.15, 0.2) is 17.0 Å². The second kappa shape index (κ2) is 7.13. The number of benzene rings is 1. The highest BCUT2D eigenvalue weighted by molar-refractivity contribution is 6.00. The summed E-state index contributed by atoms with van der Waals surface area (Å²) in [6, 6.07) is 7.53. The van der Waals surface area contributed by atoms with E-state index in [1.165, 1.54) is 12.7 Å². The number of rotatable bonds is 3. The van der Waals surface area contributed by atoms with E-state index in [2.05, 4.69) is 35.1 Å². The van der Waals surface area contributed by atoms with Crippen LogP contribution in [-0.2, 0) is 0 Å². The number of hydrogen-bond donors (Lipinski definition) is 3. The van der Waals surface area contributed by atoms with Gasteiger partial charge in [0.25, 0.3) is 6.01 Å². The van der Waals surface area contributed by atoms with Crippen molar-refractivity contribution < 1.29 is 4.42 Å². The van der Waals surface area contributed by atoms with Gasteiger partial charge < -0.3 is 26.1 Å². The van der Waals surface area contributed by atoms with E-state index in [0.29, 0.717) is 39.5 Å². The van der Waals surface area contributed by atoms with E-state index >= 15 is 0 Å². The van der Waals surface area contributed by atoms with E-state index in [0.717, 1.165) is 37.6 Å². The fraction of sp³-hybridized carbons (Fsp3) is 0.200. The number of anilines is 3. The van der Waals surface area contributed by atoms with Crippen LogP contribution < -0.4 is 21.7 Å². The molecule has 1 aliphatic rings. The number of nitrogens with two attached hydrogens (primary N) is 2. The molecule has 5 heterocycles. The number of nitrogens with zero attached hydrogens (tertiary/aromatic N) is 8. The van der Waals surface area contributed by atoms with Crippen LogP contribution in [0.15, 0.2) is 41.3 Å². The minimum absolute atomic E-state index is 0.108. The van der Waals surface area contributed by atoms with Gasteiger partial charge in [-0.2, -0.15) is 14.8 Å². The molecule has 5 aromatic rings. The molecule has 12 nitrogen and oxygen atoms in total. The third-order valence-electron chi connectivity index (χ3n) is 5.47. The molecule has 32 heavy (non-hydrogen) atoms. The highest BCUT2D eigenvalue weighted by Gasteiger charge is 2.21. The van der Waals surface area contributed by atoms with Crippen molar-refractivity contribution in [3.05, 3.63) is 36.9 Å². The number of nitrogen functional groups attached to an aromatic ring is 2. The zero-order valence-corrected chi connectivity index (χ0v) is 16.9. The molecule has 4 aromatic heterocycles. The number of hydrogen-bond acceptors (Lipinski definition) is 11. The molecule has 0 saturated carbocycles. The van der Waals surface area contributed by atoms with Crippen molar-refractivity contribution in [1.29, 1.82) is 0 Å². The van der Waals surface area contributed by atoms with Crippen molar-refractivity contribution in [3.8, 4) is 17.1 Å². The lowest BCUT2D eigenvalue weighted by Crippen LogP contribution is -2.43. The van der Waals surface area contributed by atoms with Crippen LogP contribution in [0.4, 0.5) is 17.7 Å². The van der Waals surface area contributed by atoms with Gasteiger partial charge in [0.2, 0.25) is 0 Å². The molecule has 5 N–H and O–H groups in total. The van der Waals surface area contributed by atoms with Gasteiger partial charge >= 0.3 is 0 Å². The fourth-order valence-corrected chi connectivity index (χ4v) is 3.95. The first-order valence-corrected chi connectivity index (χ1v) is 10.1. The Balaban J connectivity index is 1.52. The zero-order chi connectivity index (χ0) is 21.7. The maximum Gasteiger partial charge on any atom is 0.292 e. The van der Waals surface area contributed by atoms with E-state index in [4.69, 9.17) is 21.0 Å². The Morgan fingerprint density at radius 3 is 2.62 bits per heavy atom. The van der Waals surface area contributed by atoms with Crippen molar-refractivity contribution in [2.24, 2.45) is 0 Å². The first-order valence-electron chi connectivity index (χ1n) is 10.1. The summed E-state index contributed by atoms with van der Waals surface area (Å²) in [5.41, 5.74) is 15.1. The van der Waals surface area contributed by atoms with E-state index in [9.17, 15) is 0 Å². The second-order valence-electron chi connectivity index (χ2n) is 7.42. The van der Waals surface area contributed by atoms with Crippen LogP contribution >= 0.6 is 0 Å². The van der Waals surface area contributed by atoms with Crippen LogP contribution in [0.2, 0.25) is 0 Å². The van der Waals surface area contributed by atoms with E-state index in [1.54, 1.807) is 10.7 Å². The van der Waals surface area contributed by atoms with Gasteiger partial charge in [0.05, 0.1) is 5.39 Å². The van der Waals surface area contributed by atoms with Gasteiger partial charge in [-0.3, -0.25) is 0 Å². The maximum atomic E-state index is 6.24. The number of aromatic nitrogens is 7. The number of fused-ring (bicyclic) bond motifs is 2. The molecule has 0 unspecified atom stereocenters. The predicted molar refractivity (Wildman–Crippen MR) is 119 cm³/mol. The van der Waals surface area contributed by atoms with E-state index in [1.807, 2.05) is 18.2 Å². The summed E-state index contributed by atoms with van der Waals surface area (Å²) in [6.07, 6.45) is 2.95. The molecule has 12 heteroatoms. The minimum atomic E-state index is 0.108. The molecular weight excluding hydrogens is 410 g/mol. The van der Waals surface area contributed by atoms with Crippen molar-refractivity contribution in [3.63, 3.8) is 0 Å². The summed E-state index contributed by atoms with van der Waals surface area (Å²) in [4.78, 5) is 23.9. The Morgan fingerprint density at radius 2 is 1.75 bits per heavy atom. The van der Waals surface area contributed by atoms with E-state index in [-0.39, 0.29) is 6.01 Å². The molecule has 0 radical (unpaired) electrons. The van der Waals surface area contributed by atoms with Crippen LogP contribution in [0.25, 0.3) is 39.2 Å². The van der Waals surface area contributed by atoms with Crippen LogP contribution in [-0.4, -0.2) is 60.9 Å². The largest absolute Gasteiger partial charge is 0.424 e. The summed E-state index contributed by atoms with van der Waals surface area (Å²) in [5.74, 6) is 1.75. The molecule has 160 valence electrons. The smallest absolute Gasteiger partial charge is 0.292 e. The summed E-state index contributed by atoms with van der Waals surface area (Å²) in [7, 11) is 0. The predicted octanol–water partition coefficient (Wildman–Crippen LogP) is 0.988. The molecule has 0 bridgehead atoms. The normalized spacial score (nSPS) is 14.4. The molecule has 0 amide bonds. The highest BCUT2D eigenvalue weighted by Crippen LogP contribution is 2.33. The van der Waals surface area contributed by atoms with E-state index < -0.39 is 0 Å². The summed E-state index contributed by atoms with van der Waals surface area (Å²) >= 11 is 0. The molecule has 6 rings (SSSR count). The standard InChI is InChI=1S/C20H19N11O/c21-18-16-17(11-1-2-13-12(7-11)28-20(22)32-13)29-31(19(16)27-10-26-18)15-8-14(24-9-25-15)30-5-3-23-4-6-30/h1-2,7-10,23H,3-6H2,(H2,22,28)(H2,21,26,27). The topological polar surface area (TPSA) is 163 Å². The van der Waals surface area contributed by atoms with Gasteiger partial charge in [-0.05, 0) is 18.2 Å². The molecule has 0 spiro atoms. The third kappa shape index (κ3) is 2.96. The molecular formula is C20H19N11O.